The van der Waals surface area contributed by atoms with E-state index in [1.54, 1.807) is 20.8 Å². The van der Waals surface area contributed by atoms with Gasteiger partial charge in [-0.15, -0.1) is 0 Å². The molecule has 1 aromatic rings. The van der Waals surface area contributed by atoms with E-state index in [0.29, 0.717) is 0 Å². The van der Waals surface area contributed by atoms with E-state index in [-0.39, 0.29) is 12.0 Å². The zero-order valence-electron chi connectivity index (χ0n) is 12.5. The molecule has 0 saturated heterocycles. The Hall–Kier alpha value is -1.98. The molecule has 0 saturated carbocycles. The Morgan fingerprint density at radius 1 is 1.29 bits per heavy atom. The molecule has 4 nitrogen and oxygen atoms in total. The SMILES string of the molecule is Cc1ccc(F)c(C(=O)NC(CC(=O)O)C(C)(C)C)c1F. The van der Waals surface area contributed by atoms with Crippen molar-refractivity contribution in [2.24, 2.45) is 5.41 Å². The van der Waals surface area contributed by atoms with Crippen molar-refractivity contribution in [3.63, 3.8) is 0 Å². The summed E-state index contributed by atoms with van der Waals surface area (Å²) in [6.07, 6.45) is -0.329. The standard InChI is InChI=1S/C15H19F2NO3/c1-8-5-6-9(16)12(13(8)17)14(21)18-10(7-11(19)20)15(2,3)4/h5-6,10H,7H2,1-4H3,(H,18,21)(H,19,20). The first-order chi connectivity index (χ1) is 9.54. The molecule has 6 heteroatoms. The van der Waals surface area contributed by atoms with E-state index in [4.69, 9.17) is 5.11 Å². The maximum absolute atomic E-state index is 13.9. The van der Waals surface area contributed by atoms with E-state index in [1.807, 2.05) is 0 Å². The summed E-state index contributed by atoms with van der Waals surface area (Å²) in [4.78, 5) is 23.0. The van der Waals surface area contributed by atoms with Crippen molar-refractivity contribution in [3.8, 4) is 0 Å². The van der Waals surface area contributed by atoms with E-state index in [2.05, 4.69) is 5.32 Å². The molecule has 0 bridgehead atoms. The highest BCUT2D eigenvalue weighted by molar-refractivity contribution is 5.95. The fourth-order valence-electron chi connectivity index (χ4n) is 1.84. The van der Waals surface area contributed by atoms with Gasteiger partial charge in [0, 0.05) is 6.04 Å². The molecule has 1 atom stereocenters. The van der Waals surface area contributed by atoms with Crippen LogP contribution in [0, 0.1) is 24.0 Å². The molecule has 116 valence electrons. The molecule has 2 N–H and O–H groups in total. The molecule has 0 heterocycles. The molecule has 1 unspecified atom stereocenters. The second-order valence-corrected chi connectivity index (χ2v) is 6.04. The summed E-state index contributed by atoms with van der Waals surface area (Å²) in [5.74, 6) is -3.95. The van der Waals surface area contributed by atoms with Crippen LogP contribution in [-0.4, -0.2) is 23.0 Å². The predicted molar refractivity (Wildman–Crippen MR) is 74.1 cm³/mol. The number of amides is 1. The zero-order valence-corrected chi connectivity index (χ0v) is 12.5. The molecule has 0 aliphatic heterocycles. The molecule has 0 aromatic heterocycles. The summed E-state index contributed by atoms with van der Waals surface area (Å²) in [6, 6.07) is 1.50. The number of hydrogen-bond acceptors (Lipinski definition) is 2. The molecule has 0 aliphatic rings. The number of rotatable bonds is 4. The van der Waals surface area contributed by atoms with Crippen LogP contribution in [0.15, 0.2) is 12.1 Å². The van der Waals surface area contributed by atoms with Crippen LogP contribution in [0.3, 0.4) is 0 Å². The molecule has 0 fully saturated rings. The van der Waals surface area contributed by atoms with Crippen molar-refractivity contribution in [2.75, 3.05) is 0 Å². The summed E-state index contributed by atoms with van der Waals surface area (Å²) in [7, 11) is 0. The number of carboxylic acid groups (broad SMARTS) is 1. The molecular formula is C15H19F2NO3. The first-order valence-corrected chi connectivity index (χ1v) is 6.51. The second-order valence-electron chi connectivity index (χ2n) is 6.04. The fourth-order valence-corrected chi connectivity index (χ4v) is 1.84. The minimum Gasteiger partial charge on any atom is -0.481 e. The van der Waals surface area contributed by atoms with Crippen molar-refractivity contribution >= 4 is 11.9 Å². The minimum atomic E-state index is -1.10. The van der Waals surface area contributed by atoms with E-state index in [1.165, 1.54) is 13.0 Å². The Morgan fingerprint density at radius 3 is 2.33 bits per heavy atom. The van der Waals surface area contributed by atoms with Crippen molar-refractivity contribution in [3.05, 3.63) is 34.9 Å². The predicted octanol–water partition coefficient (Wildman–Crippen LogP) is 2.89. The fraction of sp³-hybridized carbons (Fsp3) is 0.467. The van der Waals surface area contributed by atoms with Crippen LogP contribution in [-0.2, 0) is 4.79 Å². The smallest absolute Gasteiger partial charge is 0.305 e. The van der Waals surface area contributed by atoms with Crippen LogP contribution in [0.1, 0.15) is 43.1 Å². The van der Waals surface area contributed by atoms with Gasteiger partial charge in [-0.2, -0.15) is 0 Å². The summed E-state index contributed by atoms with van der Waals surface area (Å²) >= 11 is 0. The van der Waals surface area contributed by atoms with Gasteiger partial charge < -0.3 is 10.4 Å². The molecule has 21 heavy (non-hydrogen) atoms. The molecule has 1 aromatic carbocycles. The van der Waals surface area contributed by atoms with Gasteiger partial charge in [0.05, 0.1) is 6.42 Å². The Bertz CT molecular complexity index is 565. The van der Waals surface area contributed by atoms with Crippen LogP contribution in [0.4, 0.5) is 8.78 Å². The summed E-state index contributed by atoms with van der Waals surface area (Å²) in [5.41, 5.74) is -1.10. The maximum Gasteiger partial charge on any atom is 0.305 e. The summed E-state index contributed by atoms with van der Waals surface area (Å²) in [6.45, 7) is 6.64. The van der Waals surface area contributed by atoms with Crippen LogP contribution in [0.2, 0.25) is 0 Å². The lowest BCUT2D eigenvalue weighted by molar-refractivity contribution is -0.138. The van der Waals surface area contributed by atoms with Crippen molar-refractivity contribution < 1.29 is 23.5 Å². The first-order valence-electron chi connectivity index (χ1n) is 6.51. The number of carbonyl (C=O) groups is 2. The van der Waals surface area contributed by atoms with Gasteiger partial charge in [0.15, 0.2) is 0 Å². The molecule has 1 amide bonds. The topological polar surface area (TPSA) is 66.4 Å². The lowest BCUT2D eigenvalue weighted by Gasteiger charge is -2.30. The van der Waals surface area contributed by atoms with Crippen molar-refractivity contribution in [1.82, 2.24) is 5.32 Å². The number of aliphatic carboxylic acids is 1. The van der Waals surface area contributed by atoms with Crippen LogP contribution >= 0.6 is 0 Å². The average Bonchev–Trinajstić information content (AvgIpc) is 2.32. The number of hydrogen-bond donors (Lipinski definition) is 2. The Labute approximate surface area is 122 Å². The number of carboxylic acids is 1. The Kier molecular flexibility index (Phi) is 5.04. The summed E-state index contributed by atoms with van der Waals surface area (Å²) < 4.78 is 27.6. The van der Waals surface area contributed by atoms with E-state index in [0.717, 1.165) is 6.07 Å². The van der Waals surface area contributed by atoms with Gasteiger partial charge in [-0.25, -0.2) is 8.78 Å². The lowest BCUT2D eigenvalue weighted by atomic mass is 9.84. The third kappa shape index (κ3) is 4.24. The highest BCUT2D eigenvalue weighted by Crippen LogP contribution is 2.23. The third-order valence-corrected chi connectivity index (χ3v) is 3.24. The number of nitrogens with one attached hydrogen (secondary N) is 1. The number of aryl methyl sites for hydroxylation is 1. The largest absolute Gasteiger partial charge is 0.481 e. The molecule has 0 spiro atoms. The third-order valence-electron chi connectivity index (χ3n) is 3.24. The van der Waals surface area contributed by atoms with E-state index < -0.39 is 40.5 Å². The van der Waals surface area contributed by atoms with Gasteiger partial charge >= 0.3 is 5.97 Å². The number of halogens is 2. The highest BCUT2D eigenvalue weighted by Gasteiger charge is 2.30. The van der Waals surface area contributed by atoms with Crippen molar-refractivity contribution in [1.29, 1.82) is 0 Å². The minimum absolute atomic E-state index is 0.145. The molecule has 0 radical (unpaired) electrons. The van der Waals surface area contributed by atoms with Gasteiger partial charge in [-0.1, -0.05) is 26.8 Å². The highest BCUT2D eigenvalue weighted by atomic mass is 19.1. The van der Waals surface area contributed by atoms with E-state index >= 15 is 0 Å². The molecule has 1 rings (SSSR count). The van der Waals surface area contributed by atoms with Gasteiger partial charge in [-0.05, 0) is 24.0 Å². The Morgan fingerprint density at radius 2 is 1.86 bits per heavy atom. The number of benzene rings is 1. The monoisotopic (exact) mass is 299 g/mol. The van der Waals surface area contributed by atoms with Crippen LogP contribution in [0.25, 0.3) is 0 Å². The van der Waals surface area contributed by atoms with Crippen molar-refractivity contribution in [2.45, 2.75) is 40.2 Å². The summed E-state index contributed by atoms with van der Waals surface area (Å²) in [5, 5.41) is 11.3. The molecule has 0 aliphatic carbocycles. The van der Waals surface area contributed by atoms with Gasteiger partial charge in [0.25, 0.3) is 5.91 Å². The quantitative estimate of drug-likeness (QED) is 0.898. The first kappa shape index (κ1) is 17.1. The van der Waals surface area contributed by atoms with Gasteiger partial charge in [-0.3, -0.25) is 9.59 Å². The van der Waals surface area contributed by atoms with Crippen LogP contribution < -0.4 is 5.32 Å². The average molecular weight is 299 g/mol. The Balaban J connectivity index is 3.09. The van der Waals surface area contributed by atoms with Gasteiger partial charge in [0.1, 0.15) is 17.2 Å². The normalized spacial score (nSPS) is 12.9. The molecular weight excluding hydrogens is 280 g/mol. The van der Waals surface area contributed by atoms with Gasteiger partial charge in [0.2, 0.25) is 0 Å². The van der Waals surface area contributed by atoms with Crippen LogP contribution in [0.5, 0.6) is 0 Å². The zero-order chi connectivity index (χ0) is 16.4. The lowest BCUT2D eigenvalue weighted by Crippen LogP contribution is -2.45. The number of carbonyl (C=O) groups excluding carboxylic acids is 1. The maximum atomic E-state index is 13.9. The second kappa shape index (κ2) is 6.20. The van der Waals surface area contributed by atoms with E-state index in [9.17, 15) is 18.4 Å².